The van der Waals surface area contributed by atoms with E-state index in [1.54, 1.807) is 54.7 Å². The molecule has 0 unspecified atom stereocenters. The fourth-order valence-corrected chi connectivity index (χ4v) is 2.94. The predicted octanol–water partition coefficient (Wildman–Crippen LogP) is 4.42. The summed E-state index contributed by atoms with van der Waals surface area (Å²) in [5, 5.41) is 8.96. The monoisotopic (exact) mass is 383 g/mol. The van der Waals surface area contributed by atoms with E-state index in [0.717, 1.165) is 4.88 Å². The second-order valence-corrected chi connectivity index (χ2v) is 6.61. The standard InChI is InChI=1S/C19H14ClN3O2S/c20-17-6-2-1-5-16(17)19(25)22-14-9-7-13(8-10-14)18(24)23-21-12-15-4-3-11-26-15/h1-12H,(H,22,25)(H,23,24). The predicted molar refractivity (Wildman–Crippen MR) is 105 cm³/mol. The number of nitrogens with one attached hydrogen (secondary N) is 2. The van der Waals surface area contributed by atoms with E-state index in [2.05, 4.69) is 15.8 Å². The van der Waals surface area contributed by atoms with Crippen molar-refractivity contribution in [2.75, 3.05) is 5.32 Å². The molecule has 0 aliphatic rings. The molecule has 26 heavy (non-hydrogen) atoms. The van der Waals surface area contributed by atoms with Gasteiger partial charge in [-0.25, -0.2) is 5.43 Å². The van der Waals surface area contributed by atoms with E-state index < -0.39 is 0 Å². The number of carbonyl (C=O) groups excluding carboxylic acids is 2. The normalized spacial score (nSPS) is 10.7. The molecule has 2 aromatic carbocycles. The first-order valence-corrected chi connectivity index (χ1v) is 8.92. The van der Waals surface area contributed by atoms with Gasteiger partial charge in [0.25, 0.3) is 11.8 Å². The summed E-state index contributed by atoms with van der Waals surface area (Å²) in [6.07, 6.45) is 1.58. The number of hydrogen-bond acceptors (Lipinski definition) is 4. The van der Waals surface area contributed by atoms with E-state index in [4.69, 9.17) is 11.6 Å². The molecule has 2 N–H and O–H groups in total. The van der Waals surface area contributed by atoms with Crippen LogP contribution in [0.5, 0.6) is 0 Å². The Labute approximate surface area is 159 Å². The molecule has 0 bridgehead atoms. The lowest BCUT2D eigenvalue weighted by molar-refractivity contribution is 0.0954. The van der Waals surface area contributed by atoms with E-state index >= 15 is 0 Å². The molecule has 3 rings (SSSR count). The Kier molecular flexibility index (Phi) is 5.78. The second kappa shape index (κ2) is 8.42. The SMILES string of the molecule is O=C(NN=Cc1cccs1)c1ccc(NC(=O)c2ccccc2Cl)cc1. The van der Waals surface area contributed by atoms with Crippen LogP contribution in [0.15, 0.2) is 71.1 Å². The molecule has 5 nitrogen and oxygen atoms in total. The largest absolute Gasteiger partial charge is 0.322 e. The molecule has 0 aliphatic carbocycles. The van der Waals surface area contributed by atoms with Crippen molar-refractivity contribution in [3.05, 3.63) is 87.1 Å². The Morgan fingerprint density at radius 2 is 1.73 bits per heavy atom. The van der Waals surface area contributed by atoms with Crippen molar-refractivity contribution in [2.45, 2.75) is 0 Å². The molecule has 0 radical (unpaired) electrons. The summed E-state index contributed by atoms with van der Waals surface area (Å²) in [5.74, 6) is -0.643. The first-order chi connectivity index (χ1) is 12.6. The molecule has 0 aliphatic heterocycles. The lowest BCUT2D eigenvalue weighted by atomic mass is 10.1. The highest BCUT2D eigenvalue weighted by molar-refractivity contribution is 7.11. The highest BCUT2D eigenvalue weighted by atomic mass is 35.5. The maximum atomic E-state index is 12.2. The quantitative estimate of drug-likeness (QED) is 0.505. The number of carbonyl (C=O) groups is 2. The number of anilines is 1. The number of nitrogens with zero attached hydrogens (tertiary/aromatic N) is 1. The maximum Gasteiger partial charge on any atom is 0.271 e. The van der Waals surface area contributed by atoms with Gasteiger partial charge in [0.2, 0.25) is 0 Å². The van der Waals surface area contributed by atoms with E-state index in [1.165, 1.54) is 11.3 Å². The van der Waals surface area contributed by atoms with Gasteiger partial charge in [-0.3, -0.25) is 9.59 Å². The molecule has 1 heterocycles. The van der Waals surface area contributed by atoms with E-state index in [-0.39, 0.29) is 11.8 Å². The molecule has 2 amide bonds. The Morgan fingerprint density at radius 1 is 0.962 bits per heavy atom. The van der Waals surface area contributed by atoms with Crippen LogP contribution in [-0.4, -0.2) is 18.0 Å². The van der Waals surface area contributed by atoms with Gasteiger partial charge in [0.1, 0.15) is 0 Å². The first-order valence-electron chi connectivity index (χ1n) is 7.66. The summed E-state index contributed by atoms with van der Waals surface area (Å²) in [5.41, 5.74) is 3.85. The van der Waals surface area contributed by atoms with Gasteiger partial charge in [-0.1, -0.05) is 29.8 Å². The summed E-state index contributed by atoms with van der Waals surface area (Å²) in [7, 11) is 0. The maximum absolute atomic E-state index is 12.2. The van der Waals surface area contributed by atoms with Crippen molar-refractivity contribution in [2.24, 2.45) is 5.10 Å². The lowest BCUT2D eigenvalue weighted by Crippen LogP contribution is -2.17. The average molecular weight is 384 g/mol. The van der Waals surface area contributed by atoms with Gasteiger partial charge in [-0.15, -0.1) is 11.3 Å². The number of rotatable bonds is 5. The van der Waals surface area contributed by atoms with Gasteiger partial charge < -0.3 is 5.32 Å². The summed E-state index contributed by atoms with van der Waals surface area (Å²) in [4.78, 5) is 25.2. The van der Waals surface area contributed by atoms with Gasteiger partial charge in [-0.05, 0) is 47.8 Å². The van der Waals surface area contributed by atoms with Gasteiger partial charge >= 0.3 is 0 Å². The molecule has 3 aromatic rings. The molecular formula is C19H14ClN3O2S. The molecule has 0 spiro atoms. The number of amides is 2. The Hall–Kier alpha value is -2.96. The molecule has 7 heteroatoms. The molecule has 1 aromatic heterocycles. The zero-order chi connectivity index (χ0) is 18.4. The van der Waals surface area contributed by atoms with Crippen LogP contribution in [0.1, 0.15) is 25.6 Å². The molecular weight excluding hydrogens is 370 g/mol. The Balaban J connectivity index is 1.60. The molecule has 0 saturated carbocycles. The van der Waals surface area contributed by atoms with Gasteiger partial charge in [0.15, 0.2) is 0 Å². The number of halogens is 1. The van der Waals surface area contributed by atoms with E-state index in [1.807, 2.05) is 17.5 Å². The van der Waals surface area contributed by atoms with Crippen molar-refractivity contribution in [3.8, 4) is 0 Å². The molecule has 130 valence electrons. The minimum atomic E-state index is -0.332. The summed E-state index contributed by atoms with van der Waals surface area (Å²) < 4.78 is 0. The Bertz CT molecular complexity index is 938. The molecule has 0 saturated heterocycles. The van der Waals surface area contributed by atoms with Gasteiger partial charge in [0.05, 0.1) is 16.8 Å². The van der Waals surface area contributed by atoms with Crippen LogP contribution in [0.2, 0.25) is 5.02 Å². The number of thiophene rings is 1. The summed E-state index contributed by atoms with van der Waals surface area (Å²) in [6.45, 7) is 0. The van der Waals surface area contributed by atoms with E-state index in [0.29, 0.717) is 21.8 Å². The van der Waals surface area contributed by atoms with Crippen LogP contribution in [0.3, 0.4) is 0 Å². The van der Waals surface area contributed by atoms with Gasteiger partial charge in [0, 0.05) is 16.1 Å². The van der Waals surface area contributed by atoms with Crippen molar-refractivity contribution in [3.63, 3.8) is 0 Å². The van der Waals surface area contributed by atoms with Crippen LogP contribution in [-0.2, 0) is 0 Å². The fourth-order valence-electron chi connectivity index (χ4n) is 2.13. The summed E-state index contributed by atoms with van der Waals surface area (Å²) in [6, 6.07) is 17.1. The van der Waals surface area contributed by atoms with Crippen LogP contribution < -0.4 is 10.7 Å². The number of hydrazone groups is 1. The van der Waals surface area contributed by atoms with Crippen LogP contribution >= 0.6 is 22.9 Å². The third-order valence-electron chi connectivity index (χ3n) is 3.42. The van der Waals surface area contributed by atoms with Crippen molar-refractivity contribution in [1.29, 1.82) is 0 Å². The lowest BCUT2D eigenvalue weighted by Gasteiger charge is -2.07. The average Bonchev–Trinajstić information content (AvgIpc) is 3.16. The smallest absolute Gasteiger partial charge is 0.271 e. The molecule has 0 fully saturated rings. The topological polar surface area (TPSA) is 70.6 Å². The van der Waals surface area contributed by atoms with E-state index in [9.17, 15) is 9.59 Å². The summed E-state index contributed by atoms with van der Waals surface area (Å²) >= 11 is 7.54. The number of benzene rings is 2. The van der Waals surface area contributed by atoms with Crippen LogP contribution in [0, 0.1) is 0 Å². The Morgan fingerprint density at radius 3 is 2.42 bits per heavy atom. The highest BCUT2D eigenvalue weighted by Crippen LogP contribution is 2.17. The van der Waals surface area contributed by atoms with Gasteiger partial charge in [-0.2, -0.15) is 5.10 Å². The zero-order valence-corrected chi connectivity index (χ0v) is 15.1. The zero-order valence-electron chi connectivity index (χ0n) is 13.5. The molecule has 0 atom stereocenters. The van der Waals surface area contributed by atoms with Crippen LogP contribution in [0.4, 0.5) is 5.69 Å². The highest BCUT2D eigenvalue weighted by Gasteiger charge is 2.10. The van der Waals surface area contributed by atoms with Crippen molar-refractivity contribution < 1.29 is 9.59 Å². The minimum absolute atomic E-state index is 0.312. The van der Waals surface area contributed by atoms with Crippen molar-refractivity contribution >= 4 is 46.7 Å². The second-order valence-electron chi connectivity index (χ2n) is 5.23. The minimum Gasteiger partial charge on any atom is -0.322 e. The first kappa shape index (κ1) is 17.8. The number of hydrogen-bond donors (Lipinski definition) is 2. The third-order valence-corrected chi connectivity index (χ3v) is 4.56. The van der Waals surface area contributed by atoms with Crippen molar-refractivity contribution in [1.82, 2.24) is 5.43 Å². The fraction of sp³-hybridized carbons (Fsp3) is 0. The van der Waals surface area contributed by atoms with Crippen LogP contribution in [0.25, 0.3) is 0 Å². The third kappa shape index (κ3) is 4.56.